The van der Waals surface area contributed by atoms with Gasteiger partial charge in [0.2, 0.25) is 5.95 Å². The zero-order valence-corrected chi connectivity index (χ0v) is 15.3. The highest BCUT2D eigenvalue weighted by atomic mass is 19.4. The number of imidazole rings is 1. The molecule has 2 aromatic carbocycles. The van der Waals surface area contributed by atoms with E-state index in [4.69, 9.17) is 9.15 Å². The molecule has 3 heterocycles. The van der Waals surface area contributed by atoms with Gasteiger partial charge in [-0.3, -0.25) is 5.32 Å². The first-order valence-electron chi connectivity index (χ1n) is 8.97. The second-order valence-electron chi connectivity index (χ2n) is 7.05. The molecule has 1 aliphatic heterocycles. The van der Waals surface area contributed by atoms with Gasteiger partial charge in [-0.15, -0.1) is 13.2 Å². The first-order valence-corrected chi connectivity index (χ1v) is 8.97. The Morgan fingerprint density at radius 3 is 2.67 bits per heavy atom. The van der Waals surface area contributed by atoms with Crippen molar-refractivity contribution in [2.45, 2.75) is 18.5 Å². The van der Waals surface area contributed by atoms with E-state index in [1.165, 1.54) is 6.07 Å². The van der Waals surface area contributed by atoms with Gasteiger partial charge in [0.25, 0.3) is 0 Å². The van der Waals surface area contributed by atoms with E-state index in [9.17, 15) is 18.3 Å². The third kappa shape index (κ3) is 3.53. The maximum Gasteiger partial charge on any atom is 0.573 e. The van der Waals surface area contributed by atoms with Gasteiger partial charge in [0.15, 0.2) is 5.58 Å². The van der Waals surface area contributed by atoms with Gasteiger partial charge < -0.3 is 23.6 Å². The Morgan fingerprint density at radius 1 is 1.13 bits per heavy atom. The summed E-state index contributed by atoms with van der Waals surface area (Å²) in [5.74, 6) is -0.0352. The minimum atomic E-state index is -4.80. The summed E-state index contributed by atoms with van der Waals surface area (Å²) in [5, 5.41) is 13.5. The van der Waals surface area contributed by atoms with Crippen molar-refractivity contribution < 1.29 is 32.2 Å². The molecule has 4 aromatic rings. The molecule has 0 amide bonds. The lowest BCUT2D eigenvalue weighted by Gasteiger charge is -2.36. The van der Waals surface area contributed by atoms with Crippen molar-refractivity contribution in [2.24, 2.45) is 0 Å². The average Bonchev–Trinajstić information content (AvgIpc) is 3.20. The number of oxazole rings is 1. The number of para-hydroxylation sites is 2. The van der Waals surface area contributed by atoms with Gasteiger partial charge in [0, 0.05) is 6.07 Å². The van der Waals surface area contributed by atoms with Crippen molar-refractivity contribution in [1.82, 2.24) is 14.5 Å². The monoisotopic (exact) mass is 420 g/mol. The Labute approximate surface area is 166 Å². The van der Waals surface area contributed by atoms with Gasteiger partial charge in [0.05, 0.1) is 30.8 Å². The van der Waals surface area contributed by atoms with E-state index in [2.05, 4.69) is 20.0 Å². The molecular weight excluding hydrogens is 405 g/mol. The van der Waals surface area contributed by atoms with Crippen LogP contribution in [0.4, 0.5) is 25.1 Å². The van der Waals surface area contributed by atoms with E-state index in [-0.39, 0.29) is 31.4 Å². The minimum absolute atomic E-state index is 0.0440. The van der Waals surface area contributed by atoms with Crippen LogP contribution >= 0.6 is 0 Å². The van der Waals surface area contributed by atoms with Crippen LogP contribution in [-0.4, -0.2) is 44.8 Å². The molecule has 0 unspecified atom stereocenters. The number of nitrogens with zero attached hydrogens (tertiary/aromatic N) is 3. The van der Waals surface area contributed by atoms with E-state index < -0.39 is 17.7 Å². The number of benzene rings is 2. The summed E-state index contributed by atoms with van der Waals surface area (Å²) in [6.07, 6.45) is -4.80. The Bertz CT molecular complexity index is 1230. The van der Waals surface area contributed by atoms with Crippen molar-refractivity contribution in [2.75, 3.05) is 18.5 Å². The average molecular weight is 420 g/mol. The molecule has 0 bridgehead atoms. The van der Waals surface area contributed by atoms with Gasteiger partial charge in [-0.1, -0.05) is 12.1 Å². The van der Waals surface area contributed by atoms with Crippen LogP contribution in [-0.2, 0) is 11.3 Å². The smallest absolute Gasteiger partial charge is 0.423 e. The van der Waals surface area contributed by atoms with Gasteiger partial charge in [0.1, 0.15) is 16.9 Å². The molecule has 30 heavy (non-hydrogen) atoms. The number of halogens is 3. The molecule has 0 saturated carbocycles. The number of alkyl halides is 3. The highest BCUT2D eigenvalue weighted by Crippen LogP contribution is 2.31. The number of fused-ring (bicyclic) bond motifs is 2. The molecule has 1 aliphatic rings. The van der Waals surface area contributed by atoms with Crippen molar-refractivity contribution in [3.63, 3.8) is 0 Å². The third-order valence-electron chi connectivity index (χ3n) is 4.66. The maximum atomic E-state index is 12.4. The van der Waals surface area contributed by atoms with Crippen LogP contribution in [0.5, 0.6) is 5.75 Å². The fraction of sp³-hybridized carbons (Fsp3) is 0.263. The van der Waals surface area contributed by atoms with Crippen LogP contribution in [0.15, 0.2) is 46.9 Å². The SMILES string of the molecule is OC1(Cn2c(Nc3nc4ccc(OC(F)(F)F)cc4o3)nc3ccccc32)COC1. The van der Waals surface area contributed by atoms with Crippen LogP contribution in [0.3, 0.4) is 0 Å². The maximum absolute atomic E-state index is 12.4. The molecule has 2 aromatic heterocycles. The number of aliphatic hydroxyl groups is 1. The molecule has 1 saturated heterocycles. The second-order valence-corrected chi connectivity index (χ2v) is 7.05. The topological polar surface area (TPSA) is 94.6 Å². The first kappa shape index (κ1) is 18.7. The number of rotatable bonds is 5. The van der Waals surface area contributed by atoms with Crippen molar-refractivity contribution in [3.8, 4) is 5.75 Å². The van der Waals surface area contributed by atoms with Crippen LogP contribution in [0.25, 0.3) is 22.1 Å². The lowest BCUT2D eigenvalue weighted by atomic mass is 10.0. The predicted molar refractivity (Wildman–Crippen MR) is 99.5 cm³/mol. The lowest BCUT2D eigenvalue weighted by Crippen LogP contribution is -2.52. The van der Waals surface area contributed by atoms with E-state index in [1.807, 2.05) is 24.3 Å². The number of aromatic nitrogens is 3. The second kappa shape index (κ2) is 6.61. The van der Waals surface area contributed by atoms with E-state index in [0.717, 1.165) is 17.6 Å². The molecule has 0 atom stereocenters. The summed E-state index contributed by atoms with van der Waals surface area (Å²) in [6.45, 7) is 0.660. The first-order chi connectivity index (χ1) is 14.3. The van der Waals surface area contributed by atoms with Crippen molar-refractivity contribution in [3.05, 3.63) is 42.5 Å². The van der Waals surface area contributed by atoms with Crippen molar-refractivity contribution >= 4 is 34.1 Å². The summed E-state index contributed by atoms with van der Waals surface area (Å²) in [7, 11) is 0. The van der Waals surface area contributed by atoms with Gasteiger partial charge in [-0.25, -0.2) is 4.98 Å². The molecule has 8 nitrogen and oxygen atoms in total. The van der Waals surface area contributed by atoms with Crippen LogP contribution in [0.2, 0.25) is 0 Å². The molecule has 1 fully saturated rings. The summed E-state index contributed by atoms with van der Waals surface area (Å²) in [5.41, 5.74) is 0.942. The number of ether oxygens (including phenoxy) is 2. The fourth-order valence-electron chi connectivity index (χ4n) is 3.31. The number of nitrogens with one attached hydrogen (secondary N) is 1. The minimum Gasteiger partial charge on any atom is -0.423 e. The molecule has 5 rings (SSSR count). The van der Waals surface area contributed by atoms with Gasteiger partial charge in [-0.05, 0) is 24.3 Å². The molecule has 0 aliphatic carbocycles. The Balaban J connectivity index is 1.48. The van der Waals surface area contributed by atoms with Gasteiger partial charge in [-0.2, -0.15) is 4.98 Å². The summed E-state index contributed by atoms with van der Waals surface area (Å²) in [6, 6.07) is 11.1. The quantitative estimate of drug-likeness (QED) is 0.510. The predicted octanol–water partition coefficient (Wildman–Crippen LogP) is 3.58. The third-order valence-corrected chi connectivity index (χ3v) is 4.66. The Hall–Kier alpha value is -3.31. The zero-order chi connectivity index (χ0) is 20.9. The normalized spacial score (nSPS) is 16.0. The van der Waals surface area contributed by atoms with E-state index in [1.54, 1.807) is 4.57 Å². The Morgan fingerprint density at radius 2 is 1.93 bits per heavy atom. The van der Waals surface area contributed by atoms with Crippen LogP contribution in [0.1, 0.15) is 0 Å². The number of hydrogen-bond acceptors (Lipinski definition) is 7. The van der Waals surface area contributed by atoms with E-state index >= 15 is 0 Å². The summed E-state index contributed by atoms with van der Waals surface area (Å²) in [4.78, 5) is 8.75. The summed E-state index contributed by atoms with van der Waals surface area (Å²) < 4.78 is 53.6. The Kier molecular flexibility index (Phi) is 4.12. The molecule has 0 radical (unpaired) electrons. The van der Waals surface area contributed by atoms with Crippen LogP contribution < -0.4 is 10.1 Å². The number of hydrogen-bond donors (Lipinski definition) is 2. The zero-order valence-electron chi connectivity index (χ0n) is 15.3. The molecule has 156 valence electrons. The largest absolute Gasteiger partial charge is 0.573 e. The molecule has 11 heteroatoms. The van der Waals surface area contributed by atoms with E-state index in [0.29, 0.717) is 17.0 Å². The van der Waals surface area contributed by atoms with Gasteiger partial charge >= 0.3 is 12.4 Å². The highest BCUT2D eigenvalue weighted by molar-refractivity contribution is 5.80. The number of anilines is 2. The fourth-order valence-corrected chi connectivity index (χ4v) is 3.31. The standard InChI is InChI=1S/C19H15F3N4O4/c20-19(21,22)30-11-5-6-13-15(7-11)29-17(24-13)25-16-23-12-3-1-2-4-14(12)26(16)8-18(27)9-28-10-18/h1-7,27H,8-10H2,(H,23,24,25). The summed E-state index contributed by atoms with van der Waals surface area (Å²) >= 11 is 0. The van der Waals surface area contributed by atoms with Crippen LogP contribution in [0, 0.1) is 0 Å². The highest BCUT2D eigenvalue weighted by Gasteiger charge is 2.37. The molecular formula is C19H15F3N4O4. The lowest BCUT2D eigenvalue weighted by molar-refractivity contribution is -0.274. The molecule has 0 spiro atoms. The molecule has 2 N–H and O–H groups in total. The van der Waals surface area contributed by atoms with Crippen molar-refractivity contribution in [1.29, 1.82) is 0 Å².